The Morgan fingerprint density at radius 2 is 2.00 bits per heavy atom. The predicted octanol–water partition coefficient (Wildman–Crippen LogP) is 0.529. The third-order valence-electron chi connectivity index (χ3n) is 1.40. The van der Waals surface area contributed by atoms with Gasteiger partial charge in [-0.15, -0.1) is 0 Å². The molecule has 66 valence electrons. The van der Waals surface area contributed by atoms with Crippen LogP contribution in [0.25, 0.3) is 0 Å². The first-order chi connectivity index (χ1) is 5.04. The molecule has 0 bridgehead atoms. The fourth-order valence-corrected chi connectivity index (χ4v) is 0.632. The molecule has 1 amide bonds. The van der Waals surface area contributed by atoms with E-state index < -0.39 is 6.10 Å². The van der Waals surface area contributed by atoms with Crippen molar-refractivity contribution < 1.29 is 9.90 Å². The lowest BCUT2D eigenvalue weighted by Gasteiger charge is -2.07. The van der Waals surface area contributed by atoms with E-state index in [1.54, 1.807) is 0 Å². The van der Waals surface area contributed by atoms with E-state index in [2.05, 4.69) is 19.2 Å². The quantitative estimate of drug-likeness (QED) is 0.628. The second-order valence-corrected chi connectivity index (χ2v) is 3.15. The van der Waals surface area contributed by atoms with Crippen LogP contribution in [0.15, 0.2) is 0 Å². The molecule has 0 rings (SSSR count). The minimum absolute atomic E-state index is 0.286. The lowest BCUT2D eigenvalue weighted by atomic mass is 10.1. The molecule has 0 aromatic rings. The maximum atomic E-state index is 10.8. The van der Waals surface area contributed by atoms with E-state index in [4.69, 9.17) is 5.11 Å². The number of nitrogens with one attached hydrogen (secondary N) is 1. The van der Waals surface area contributed by atoms with Crippen molar-refractivity contribution >= 4 is 5.91 Å². The van der Waals surface area contributed by atoms with E-state index in [1.807, 2.05) is 0 Å². The number of carbonyl (C=O) groups excluding carboxylic acids is 1. The predicted molar refractivity (Wildman–Crippen MR) is 44.1 cm³/mol. The SMILES string of the molecule is CC(C)CCNC(=O)C(C)O. The van der Waals surface area contributed by atoms with Gasteiger partial charge in [-0.3, -0.25) is 4.79 Å². The van der Waals surface area contributed by atoms with Gasteiger partial charge in [0.15, 0.2) is 0 Å². The van der Waals surface area contributed by atoms with Crippen LogP contribution >= 0.6 is 0 Å². The molecule has 0 spiro atoms. The van der Waals surface area contributed by atoms with Crippen molar-refractivity contribution in [2.24, 2.45) is 5.92 Å². The summed E-state index contributed by atoms with van der Waals surface area (Å²) in [6.07, 6.45) is 0.0699. The molecule has 0 saturated carbocycles. The Morgan fingerprint density at radius 3 is 2.36 bits per heavy atom. The van der Waals surface area contributed by atoms with Crippen molar-refractivity contribution in [2.75, 3.05) is 6.54 Å². The zero-order chi connectivity index (χ0) is 8.85. The molecule has 0 aliphatic rings. The average Bonchev–Trinajstić information content (AvgIpc) is 1.86. The van der Waals surface area contributed by atoms with Gasteiger partial charge in [0.25, 0.3) is 0 Å². The van der Waals surface area contributed by atoms with Gasteiger partial charge in [0.05, 0.1) is 0 Å². The third kappa shape index (κ3) is 5.85. The Kier molecular flexibility index (Phi) is 4.86. The van der Waals surface area contributed by atoms with Gasteiger partial charge in [0.2, 0.25) is 5.91 Å². The molecule has 0 aliphatic carbocycles. The number of carbonyl (C=O) groups is 1. The van der Waals surface area contributed by atoms with Crippen LogP contribution in [0.1, 0.15) is 27.2 Å². The highest BCUT2D eigenvalue weighted by atomic mass is 16.3. The molecule has 3 nitrogen and oxygen atoms in total. The minimum atomic E-state index is -0.887. The maximum absolute atomic E-state index is 10.8. The van der Waals surface area contributed by atoms with Crippen molar-refractivity contribution in [3.63, 3.8) is 0 Å². The smallest absolute Gasteiger partial charge is 0.248 e. The summed E-state index contributed by atoms with van der Waals surface area (Å²) in [5, 5.41) is 11.4. The van der Waals surface area contributed by atoms with Crippen LogP contribution in [0.4, 0.5) is 0 Å². The van der Waals surface area contributed by atoms with Gasteiger partial charge < -0.3 is 10.4 Å². The fraction of sp³-hybridized carbons (Fsp3) is 0.875. The van der Waals surface area contributed by atoms with Gasteiger partial charge in [-0.05, 0) is 19.3 Å². The molecule has 0 aromatic carbocycles. The maximum Gasteiger partial charge on any atom is 0.248 e. The van der Waals surface area contributed by atoms with Crippen molar-refractivity contribution in [1.29, 1.82) is 0 Å². The zero-order valence-corrected chi connectivity index (χ0v) is 7.42. The van der Waals surface area contributed by atoms with E-state index in [9.17, 15) is 4.79 Å². The van der Waals surface area contributed by atoms with Gasteiger partial charge in [-0.25, -0.2) is 0 Å². The summed E-state index contributed by atoms with van der Waals surface area (Å²) in [7, 11) is 0. The topological polar surface area (TPSA) is 49.3 Å². The van der Waals surface area contributed by atoms with E-state index in [1.165, 1.54) is 6.92 Å². The number of rotatable bonds is 4. The summed E-state index contributed by atoms with van der Waals surface area (Å²) in [5.74, 6) is 0.301. The highest BCUT2D eigenvalue weighted by Gasteiger charge is 2.06. The Hall–Kier alpha value is -0.570. The molecular formula is C8H17NO2. The van der Waals surface area contributed by atoms with Crippen LogP contribution in [-0.4, -0.2) is 23.7 Å². The van der Waals surface area contributed by atoms with Gasteiger partial charge in [-0.1, -0.05) is 13.8 Å². The van der Waals surface area contributed by atoms with Crippen molar-refractivity contribution in [3.8, 4) is 0 Å². The summed E-state index contributed by atoms with van der Waals surface area (Å²) in [4.78, 5) is 10.8. The van der Waals surface area contributed by atoms with E-state index >= 15 is 0 Å². The molecule has 11 heavy (non-hydrogen) atoms. The summed E-state index contributed by atoms with van der Waals surface area (Å²) >= 11 is 0. The first kappa shape index (κ1) is 10.4. The van der Waals surface area contributed by atoms with Crippen LogP contribution in [-0.2, 0) is 4.79 Å². The Balaban J connectivity index is 3.32. The van der Waals surface area contributed by atoms with Crippen molar-refractivity contribution in [2.45, 2.75) is 33.3 Å². The second-order valence-electron chi connectivity index (χ2n) is 3.15. The molecule has 0 saturated heterocycles. The highest BCUT2D eigenvalue weighted by Crippen LogP contribution is 1.96. The minimum Gasteiger partial charge on any atom is -0.384 e. The molecule has 0 aliphatic heterocycles. The molecular weight excluding hydrogens is 142 g/mol. The Labute approximate surface area is 67.8 Å². The van der Waals surface area contributed by atoms with Crippen LogP contribution in [0.5, 0.6) is 0 Å². The summed E-state index contributed by atoms with van der Waals surface area (Å²) in [5.41, 5.74) is 0. The molecule has 1 atom stereocenters. The molecule has 3 heteroatoms. The Morgan fingerprint density at radius 1 is 1.45 bits per heavy atom. The zero-order valence-electron chi connectivity index (χ0n) is 7.42. The van der Waals surface area contributed by atoms with Gasteiger partial charge >= 0.3 is 0 Å². The van der Waals surface area contributed by atoms with Gasteiger partial charge in [-0.2, -0.15) is 0 Å². The highest BCUT2D eigenvalue weighted by molar-refractivity contribution is 5.79. The van der Waals surface area contributed by atoms with Gasteiger partial charge in [0.1, 0.15) is 6.10 Å². The van der Waals surface area contributed by atoms with Crippen LogP contribution in [0, 0.1) is 5.92 Å². The van der Waals surface area contributed by atoms with Crippen molar-refractivity contribution in [3.05, 3.63) is 0 Å². The van der Waals surface area contributed by atoms with E-state index in [0.29, 0.717) is 12.5 Å². The molecule has 1 unspecified atom stereocenters. The number of hydrogen-bond acceptors (Lipinski definition) is 2. The van der Waals surface area contributed by atoms with Gasteiger partial charge in [0, 0.05) is 6.54 Å². The lowest BCUT2D eigenvalue weighted by molar-refractivity contribution is -0.128. The van der Waals surface area contributed by atoms with Crippen LogP contribution in [0.3, 0.4) is 0 Å². The lowest BCUT2D eigenvalue weighted by Crippen LogP contribution is -2.33. The molecule has 0 heterocycles. The first-order valence-electron chi connectivity index (χ1n) is 3.99. The van der Waals surface area contributed by atoms with Crippen molar-refractivity contribution in [1.82, 2.24) is 5.32 Å². The molecule has 2 N–H and O–H groups in total. The number of hydrogen-bond donors (Lipinski definition) is 2. The fourth-order valence-electron chi connectivity index (χ4n) is 0.632. The van der Waals surface area contributed by atoms with E-state index in [0.717, 1.165) is 6.42 Å². The summed E-state index contributed by atoms with van der Waals surface area (Å²) in [6.45, 7) is 6.30. The third-order valence-corrected chi connectivity index (χ3v) is 1.40. The van der Waals surface area contributed by atoms with E-state index in [-0.39, 0.29) is 5.91 Å². The number of aliphatic hydroxyl groups excluding tert-OH is 1. The van der Waals surface area contributed by atoms with Crippen LogP contribution in [0.2, 0.25) is 0 Å². The number of amides is 1. The largest absolute Gasteiger partial charge is 0.384 e. The monoisotopic (exact) mass is 159 g/mol. The second kappa shape index (κ2) is 5.13. The first-order valence-corrected chi connectivity index (χ1v) is 3.99. The normalized spacial score (nSPS) is 13.2. The summed E-state index contributed by atoms with van der Waals surface area (Å²) < 4.78 is 0. The average molecular weight is 159 g/mol. The standard InChI is InChI=1S/C8H17NO2/c1-6(2)4-5-9-8(11)7(3)10/h6-7,10H,4-5H2,1-3H3,(H,9,11). The Bertz CT molecular complexity index is 121. The number of aliphatic hydroxyl groups is 1. The molecule has 0 fully saturated rings. The van der Waals surface area contributed by atoms with Crippen LogP contribution < -0.4 is 5.32 Å². The molecule has 0 aromatic heterocycles. The molecule has 0 radical (unpaired) electrons. The summed E-state index contributed by atoms with van der Waals surface area (Å²) in [6, 6.07) is 0.